The fraction of sp³-hybridized carbons (Fsp3) is 0.300. The number of phenolic OH excluding ortho intramolecular Hbond substituents is 1. The lowest BCUT2D eigenvalue weighted by Gasteiger charge is -2.07. The molecule has 1 N–H and O–H groups in total. The summed E-state index contributed by atoms with van der Waals surface area (Å²) in [6.07, 6.45) is 1.04. The minimum Gasteiger partial charge on any atom is -0.506 e. The standard InChI is InChI=1S/C10H10BrNO/c1-7-4-5-9(11)10(13)8(7)3-2-6-12/h4-5,13H,2-3H2,1H3. The Morgan fingerprint density at radius 3 is 2.85 bits per heavy atom. The van der Waals surface area contributed by atoms with E-state index in [0.717, 1.165) is 11.1 Å². The molecular weight excluding hydrogens is 230 g/mol. The minimum absolute atomic E-state index is 0.259. The van der Waals surface area contributed by atoms with Crippen LogP contribution >= 0.6 is 15.9 Å². The van der Waals surface area contributed by atoms with Crippen molar-refractivity contribution in [2.45, 2.75) is 19.8 Å². The molecule has 0 bridgehead atoms. The Morgan fingerprint density at radius 2 is 2.23 bits per heavy atom. The number of rotatable bonds is 2. The van der Waals surface area contributed by atoms with E-state index in [1.165, 1.54) is 0 Å². The van der Waals surface area contributed by atoms with Gasteiger partial charge in [0.25, 0.3) is 0 Å². The van der Waals surface area contributed by atoms with Gasteiger partial charge in [-0.05, 0) is 46.5 Å². The van der Waals surface area contributed by atoms with Crippen molar-refractivity contribution >= 4 is 15.9 Å². The molecule has 0 heterocycles. The molecule has 0 amide bonds. The number of nitrogens with zero attached hydrogens (tertiary/aromatic N) is 1. The molecule has 0 saturated carbocycles. The van der Waals surface area contributed by atoms with Crippen molar-refractivity contribution in [1.29, 1.82) is 5.26 Å². The fourth-order valence-electron chi connectivity index (χ4n) is 1.21. The summed E-state index contributed by atoms with van der Waals surface area (Å²) in [6.45, 7) is 1.93. The third-order valence-corrected chi connectivity index (χ3v) is 2.59. The van der Waals surface area contributed by atoms with E-state index >= 15 is 0 Å². The molecule has 1 aromatic rings. The monoisotopic (exact) mass is 239 g/mol. The number of halogens is 1. The smallest absolute Gasteiger partial charge is 0.133 e. The van der Waals surface area contributed by atoms with Gasteiger partial charge < -0.3 is 5.11 Å². The van der Waals surface area contributed by atoms with Crippen LogP contribution in [0.15, 0.2) is 16.6 Å². The van der Waals surface area contributed by atoms with Crippen molar-refractivity contribution in [3.05, 3.63) is 27.7 Å². The molecule has 68 valence electrons. The molecule has 0 atom stereocenters. The van der Waals surface area contributed by atoms with Crippen LogP contribution in [0.4, 0.5) is 0 Å². The van der Waals surface area contributed by atoms with Crippen molar-refractivity contribution in [1.82, 2.24) is 0 Å². The Hall–Kier alpha value is -1.01. The zero-order chi connectivity index (χ0) is 9.84. The average Bonchev–Trinajstić information content (AvgIpc) is 2.12. The van der Waals surface area contributed by atoms with Crippen molar-refractivity contribution in [3.63, 3.8) is 0 Å². The molecule has 1 aromatic carbocycles. The van der Waals surface area contributed by atoms with Crippen LogP contribution in [0.1, 0.15) is 17.5 Å². The summed E-state index contributed by atoms with van der Waals surface area (Å²) in [5.41, 5.74) is 1.88. The van der Waals surface area contributed by atoms with Gasteiger partial charge in [-0.1, -0.05) is 6.07 Å². The highest BCUT2D eigenvalue weighted by Crippen LogP contribution is 2.30. The van der Waals surface area contributed by atoms with Crippen molar-refractivity contribution in [3.8, 4) is 11.8 Å². The van der Waals surface area contributed by atoms with Gasteiger partial charge in [0, 0.05) is 6.42 Å². The highest BCUT2D eigenvalue weighted by molar-refractivity contribution is 9.10. The maximum absolute atomic E-state index is 9.65. The lowest BCUT2D eigenvalue weighted by Crippen LogP contribution is -1.90. The molecule has 13 heavy (non-hydrogen) atoms. The Bertz CT molecular complexity index is 355. The van der Waals surface area contributed by atoms with Crippen LogP contribution in [0.25, 0.3) is 0 Å². The number of phenols is 1. The molecule has 3 heteroatoms. The lowest BCUT2D eigenvalue weighted by atomic mass is 10.0. The van der Waals surface area contributed by atoms with Gasteiger partial charge in [-0.2, -0.15) is 5.26 Å². The number of aryl methyl sites for hydroxylation is 1. The molecule has 0 aliphatic carbocycles. The second-order valence-electron chi connectivity index (χ2n) is 2.85. The largest absolute Gasteiger partial charge is 0.506 e. The Labute approximate surface area is 85.9 Å². The molecule has 0 spiro atoms. The van der Waals surface area contributed by atoms with Crippen LogP contribution in [0.3, 0.4) is 0 Å². The number of benzene rings is 1. The van der Waals surface area contributed by atoms with E-state index in [1.807, 2.05) is 13.0 Å². The SMILES string of the molecule is Cc1ccc(Br)c(O)c1CCC#N. The van der Waals surface area contributed by atoms with E-state index in [9.17, 15) is 5.11 Å². The number of hydrogen-bond donors (Lipinski definition) is 1. The van der Waals surface area contributed by atoms with E-state index < -0.39 is 0 Å². The van der Waals surface area contributed by atoms with Crippen LogP contribution in [0, 0.1) is 18.3 Å². The van der Waals surface area contributed by atoms with Crippen LogP contribution in [0.2, 0.25) is 0 Å². The molecule has 0 fully saturated rings. The van der Waals surface area contributed by atoms with Crippen LogP contribution in [-0.2, 0) is 6.42 Å². The van der Waals surface area contributed by atoms with Gasteiger partial charge in [0.15, 0.2) is 0 Å². The molecule has 0 saturated heterocycles. The lowest BCUT2D eigenvalue weighted by molar-refractivity contribution is 0.464. The summed E-state index contributed by atoms with van der Waals surface area (Å²) in [5.74, 6) is 0.259. The maximum Gasteiger partial charge on any atom is 0.133 e. The van der Waals surface area contributed by atoms with Gasteiger partial charge in [0.2, 0.25) is 0 Å². The third kappa shape index (κ3) is 2.22. The zero-order valence-electron chi connectivity index (χ0n) is 7.34. The van der Waals surface area contributed by atoms with Gasteiger partial charge in [0.05, 0.1) is 10.5 Å². The molecule has 0 unspecified atom stereocenters. The zero-order valence-corrected chi connectivity index (χ0v) is 8.93. The first-order valence-electron chi connectivity index (χ1n) is 4.00. The van der Waals surface area contributed by atoms with E-state index in [1.54, 1.807) is 6.07 Å². The number of hydrogen-bond acceptors (Lipinski definition) is 2. The van der Waals surface area contributed by atoms with Crippen molar-refractivity contribution in [2.75, 3.05) is 0 Å². The molecule has 1 rings (SSSR count). The highest BCUT2D eigenvalue weighted by atomic mass is 79.9. The predicted molar refractivity (Wildman–Crippen MR) is 54.5 cm³/mol. The first kappa shape index (κ1) is 10.1. The van der Waals surface area contributed by atoms with Crippen molar-refractivity contribution < 1.29 is 5.11 Å². The summed E-state index contributed by atoms with van der Waals surface area (Å²) in [7, 11) is 0. The molecule has 0 aromatic heterocycles. The summed E-state index contributed by atoms with van der Waals surface area (Å²) >= 11 is 3.24. The second kappa shape index (κ2) is 4.29. The van der Waals surface area contributed by atoms with E-state index in [0.29, 0.717) is 17.3 Å². The topological polar surface area (TPSA) is 44.0 Å². The molecule has 0 radical (unpaired) electrons. The predicted octanol–water partition coefficient (Wildman–Crippen LogP) is 2.92. The third-order valence-electron chi connectivity index (χ3n) is 1.95. The number of aromatic hydroxyl groups is 1. The van der Waals surface area contributed by atoms with Gasteiger partial charge >= 0.3 is 0 Å². The summed E-state index contributed by atoms with van der Waals surface area (Å²) in [4.78, 5) is 0. The van der Waals surface area contributed by atoms with Gasteiger partial charge in [-0.25, -0.2) is 0 Å². The summed E-state index contributed by atoms with van der Waals surface area (Å²) < 4.78 is 0.686. The van der Waals surface area contributed by atoms with Crippen molar-refractivity contribution in [2.24, 2.45) is 0 Å². The second-order valence-corrected chi connectivity index (χ2v) is 3.70. The van der Waals surface area contributed by atoms with E-state index in [-0.39, 0.29) is 5.75 Å². The molecule has 2 nitrogen and oxygen atoms in total. The minimum atomic E-state index is 0.259. The first-order chi connectivity index (χ1) is 6.16. The Kier molecular flexibility index (Phi) is 3.32. The molecule has 0 aliphatic rings. The summed E-state index contributed by atoms with van der Waals surface area (Å²) in [6, 6.07) is 5.80. The quantitative estimate of drug-likeness (QED) is 0.863. The maximum atomic E-state index is 9.65. The van der Waals surface area contributed by atoms with Gasteiger partial charge in [-0.15, -0.1) is 0 Å². The van der Waals surface area contributed by atoms with E-state index in [4.69, 9.17) is 5.26 Å². The van der Waals surface area contributed by atoms with Crippen LogP contribution in [-0.4, -0.2) is 5.11 Å². The Balaban J connectivity index is 3.04. The van der Waals surface area contributed by atoms with Gasteiger partial charge in [-0.3, -0.25) is 0 Å². The van der Waals surface area contributed by atoms with Crippen LogP contribution in [0.5, 0.6) is 5.75 Å². The first-order valence-corrected chi connectivity index (χ1v) is 4.80. The number of nitriles is 1. The Morgan fingerprint density at radius 1 is 1.54 bits per heavy atom. The molecule has 0 aliphatic heterocycles. The normalized spacial score (nSPS) is 9.62. The fourth-order valence-corrected chi connectivity index (χ4v) is 1.58. The van der Waals surface area contributed by atoms with E-state index in [2.05, 4.69) is 22.0 Å². The summed E-state index contributed by atoms with van der Waals surface area (Å²) in [5, 5.41) is 18.1. The molecular formula is C10H10BrNO. The van der Waals surface area contributed by atoms with Gasteiger partial charge in [0.1, 0.15) is 5.75 Å². The van der Waals surface area contributed by atoms with Crippen LogP contribution < -0.4 is 0 Å². The highest BCUT2D eigenvalue weighted by Gasteiger charge is 2.07. The average molecular weight is 240 g/mol.